The van der Waals surface area contributed by atoms with Gasteiger partial charge in [0, 0.05) is 44.8 Å². The Kier molecular flexibility index (Phi) is 9.71. The summed E-state index contributed by atoms with van der Waals surface area (Å²) in [6.45, 7) is 32.5. The van der Waals surface area contributed by atoms with Crippen LogP contribution in [0.5, 0.6) is 0 Å². The van der Waals surface area contributed by atoms with E-state index in [1.165, 1.54) is 117 Å². The molecule has 0 saturated heterocycles. The molecule has 326 valence electrons. The van der Waals surface area contributed by atoms with E-state index in [2.05, 4.69) is 246 Å². The van der Waals surface area contributed by atoms with Gasteiger partial charge in [0.2, 0.25) is 0 Å². The van der Waals surface area contributed by atoms with Crippen LogP contribution in [0, 0.1) is 13.8 Å². The fourth-order valence-electron chi connectivity index (χ4n) is 10.7. The van der Waals surface area contributed by atoms with Gasteiger partial charge in [0.1, 0.15) is 0 Å². The highest BCUT2D eigenvalue weighted by molar-refractivity contribution is 6.90. The van der Waals surface area contributed by atoms with E-state index in [0.717, 1.165) is 0 Å². The Labute approximate surface area is 389 Å². The zero-order valence-electron chi connectivity index (χ0n) is 41.3. The molecule has 0 saturated carbocycles. The summed E-state index contributed by atoms with van der Waals surface area (Å²) in [5, 5.41) is 1.32. The largest absolute Gasteiger partial charge is 0.375 e. The van der Waals surface area contributed by atoms with Crippen LogP contribution < -0.4 is 15.8 Å². The van der Waals surface area contributed by atoms with Gasteiger partial charge < -0.3 is 9.38 Å². The second-order valence-electron chi connectivity index (χ2n) is 23.2. The van der Waals surface area contributed by atoms with E-state index in [0.29, 0.717) is 0 Å². The molecule has 8 aromatic rings. The molecule has 3 heterocycles. The maximum atomic E-state index is 2.78. The van der Waals surface area contributed by atoms with Crippen LogP contribution in [0.4, 0.5) is 17.1 Å². The number of hydrogen-bond acceptors (Lipinski definition) is 1. The van der Waals surface area contributed by atoms with Crippen LogP contribution in [0.2, 0.25) is 0 Å². The molecule has 65 heavy (non-hydrogen) atoms. The molecule has 0 bridgehead atoms. The maximum absolute atomic E-state index is 2.78. The third-order valence-electron chi connectivity index (χ3n) is 14.5. The lowest BCUT2D eigenvalue weighted by molar-refractivity contribution is 0.590. The van der Waals surface area contributed by atoms with Gasteiger partial charge in [-0.25, -0.2) is 0 Å². The summed E-state index contributed by atoms with van der Waals surface area (Å²) in [5.41, 5.74) is 25.8. The van der Waals surface area contributed by atoms with Gasteiger partial charge in [-0.3, -0.25) is 0 Å². The zero-order valence-corrected chi connectivity index (χ0v) is 41.3. The van der Waals surface area contributed by atoms with Crippen molar-refractivity contribution in [2.45, 2.75) is 119 Å². The first-order chi connectivity index (χ1) is 30.6. The third-order valence-corrected chi connectivity index (χ3v) is 14.5. The van der Waals surface area contributed by atoms with E-state index >= 15 is 0 Å². The Balaban J connectivity index is 1.42. The minimum atomic E-state index is -0.0940. The van der Waals surface area contributed by atoms with E-state index in [9.17, 15) is 0 Å². The molecule has 0 aliphatic carbocycles. The summed E-state index contributed by atoms with van der Waals surface area (Å²) in [6.07, 6.45) is 0. The molecule has 0 N–H and O–H groups in total. The van der Waals surface area contributed by atoms with E-state index < -0.39 is 0 Å². The summed E-state index contributed by atoms with van der Waals surface area (Å²) < 4.78 is 2.78. The first-order valence-corrected chi connectivity index (χ1v) is 23.8. The summed E-state index contributed by atoms with van der Waals surface area (Å²) >= 11 is 0. The topological polar surface area (TPSA) is 8.17 Å². The number of nitrogens with zero attached hydrogens (tertiary/aromatic N) is 2. The Morgan fingerprint density at radius 3 is 1.57 bits per heavy atom. The minimum absolute atomic E-state index is 0.0403. The fourth-order valence-corrected chi connectivity index (χ4v) is 10.7. The van der Waals surface area contributed by atoms with Gasteiger partial charge in [0.15, 0.2) is 0 Å². The molecule has 0 fully saturated rings. The fraction of sp³-hybridized carbons (Fsp3) is 0.290. The number of benzene rings is 7. The van der Waals surface area contributed by atoms with E-state index in [4.69, 9.17) is 0 Å². The van der Waals surface area contributed by atoms with Crippen molar-refractivity contribution >= 4 is 45.7 Å². The van der Waals surface area contributed by atoms with Crippen molar-refractivity contribution in [3.05, 3.63) is 173 Å². The highest BCUT2D eigenvalue weighted by atomic mass is 15.2. The number of aromatic nitrogens is 1. The molecule has 3 heteroatoms. The molecule has 2 aliphatic rings. The van der Waals surface area contributed by atoms with Crippen LogP contribution in [0.3, 0.4) is 0 Å². The summed E-state index contributed by atoms with van der Waals surface area (Å²) in [5.74, 6) is 0. The van der Waals surface area contributed by atoms with Crippen molar-refractivity contribution in [3.8, 4) is 44.6 Å². The zero-order chi connectivity index (χ0) is 46.1. The van der Waals surface area contributed by atoms with Crippen molar-refractivity contribution in [3.63, 3.8) is 0 Å². The molecule has 0 amide bonds. The predicted octanol–water partition coefficient (Wildman–Crippen LogP) is 15.9. The van der Waals surface area contributed by atoms with Gasteiger partial charge in [0.05, 0.1) is 0 Å². The molecular formula is C62H65BN2. The van der Waals surface area contributed by atoms with Crippen LogP contribution in [-0.4, -0.2) is 11.3 Å². The lowest BCUT2D eigenvalue weighted by Gasteiger charge is -2.42. The Morgan fingerprint density at radius 1 is 0.415 bits per heavy atom. The van der Waals surface area contributed by atoms with Crippen LogP contribution in [0.25, 0.3) is 55.5 Å². The Hall–Kier alpha value is -6.06. The molecule has 2 nitrogen and oxygen atoms in total. The van der Waals surface area contributed by atoms with Crippen LogP contribution in [-0.2, 0) is 21.7 Å². The van der Waals surface area contributed by atoms with Crippen LogP contribution in [0.15, 0.2) is 140 Å². The van der Waals surface area contributed by atoms with Gasteiger partial charge in [0.25, 0.3) is 0 Å². The number of anilines is 3. The lowest BCUT2D eigenvalue weighted by Crippen LogP contribution is -2.57. The van der Waals surface area contributed by atoms with Crippen molar-refractivity contribution in [2.24, 2.45) is 0 Å². The van der Waals surface area contributed by atoms with Gasteiger partial charge in [-0.1, -0.05) is 180 Å². The molecule has 1 aromatic heterocycles. The number of rotatable bonds is 4. The second-order valence-corrected chi connectivity index (χ2v) is 23.2. The lowest BCUT2D eigenvalue weighted by atomic mass is 9.44. The highest BCUT2D eigenvalue weighted by Crippen LogP contribution is 2.52. The van der Waals surface area contributed by atoms with Crippen molar-refractivity contribution in [1.29, 1.82) is 0 Å². The highest BCUT2D eigenvalue weighted by Gasteiger charge is 2.45. The van der Waals surface area contributed by atoms with E-state index in [1.54, 1.807) is 0 Å². The number of aryl methyl sites for hydroxylation is 2. The molecule has 0 atom stereocenters. The van der Waals surface area contributed by atoms with Gasteiger partial charge >= 0.3 is 6.85 Å². The number of fused-ring (bicyclic) bond motifs is 4. The molecule has 2 aliphatic heterocycles. The molecule has 7 aromatic carbocycles. The Bertz CT molecular complexity index is 3150. The second kappa shape index (κ2) is 14.7. The Morgan fingerprint density at radius 2 is 0.985 bits per heavy atom. The van der Waals surface area contributed by atoms with Gasteiger partial charge in [-0.2, -0.15) is 0 Å². The first-order valence-electron chi connectivity index (χ1n) is 23.8. The quantitative estimate of drug-likeness (QED) is 0.160. The smallest absolute Gasteiger partial charge is 0.333 e. The molecule has 0 unspecified atom stereocenters. The monoisotopic (exact) mass is 849 g/mol. The first kappa shape index (κ1) is 42.9. The van der Waals surface area contributed by atoms with Gasteiger partial charge in [-0.05, 0) is 150 Å². The normalized spacial score (nSPS) is 13.6. The maximum Gasteiger partial charge on any atom is 0.333 e. The van der Waals surface area contributed by atoms with Crippen molar-refractivity contribution < 1.29 is 0 Å². The minimum Gasteiger partial charge on any atom is -0.375 e. The number of hydrogen-bond donors (Lipinski definition) is 0. The van der Waals surface area contributed by atoms with Crippen LogP contribution in [0.1, 0.15) is 116 Å². The standard InChI is InChI=1S/C62H65BN2/c1-38-19-18-20-39(2)54(38)55-50-36-46(62(12,13)14)35-49-48-33-42(40-23-25-43(26-24-40)59(3,4)5)34-53-56(48)63(65(58(49)50)57(55)41-21-16-15-17-22-41)51-37-45(61(9,10)11)29-32-52(51)64(53)47-30-27-44(28-31-47)60(6,7)8/h15-37H,1-14H3. The molecule has 10 rings (SSSR count). The predicted molar refractivity (Wildman–Crippen MR) is 283 cm³/mol. The summed E-state index contributed by atoms with van der Waals surface area (Å²) in [4.78, 5) is 2.59. The summed E-state index contributed by atoms with van der Waals surface area (Å²) in [7, 11) is 0. The van der Waals surface area contributed by atoms with Gasteiger partial charge in [-0.15, -0.1) is 0 Å². The molecule has 0 radical (unpaired) electrons. The van der Waals surface area contributed by atoms with E-state index in [1.807, 2.05) is 0 Å². The average Bonchev–Trinajstić information content (AvgIpc) is 3.58. The molecule has 0 spiro atoms. The SMILES string of the molecule is Cc1cccc(C)c1-c1c(-c2ccccc2)n2c3c(cc(C(C)(C)C)cc13)-c1cc(-c3ccc(C(C)(C)C)cc3)cc3c1B2c1cc(C(C)(C)C)ccc1N3c1ccc(C(C)(C)C)cc1. The molecular weight excluding hydrogens is 784 g/mol. The average molecular weight is 849 g/mol. The third kappa shape index (κ3) is 7.00. The summed E-state index contributed by atoms with van der Waals surface area (Å²) in [6, 6.07) is 54.3. The van der Waals surface area contributed by atoms with Crippen molar-refractivity contribution in [1.82, 2.24) is 4.48 Å². The van der Waals surface area contributed by atoms with Crippen molar-refractivity contribution in [2.75, 3.05) is 4.90 Å². The van der Waals surface area contributed by atoms with Crippen LogP contribution >= 0.6 is 0 Å². The van der Waals surface area contributed by atoms with E-state index in [-0.39, 0.29) is 28.5 Å².